The van der Waals surface area contributed by atoms with Gasteiger partial charge in [-0.3, -0.25) is 4.79 Å². The molecular weight excluding hydrogens is 306 g/mol. The molecule has 0 radical (unpaired) electrons. The summed E-state index contributed by atoms with van der Waals surface area (Å²) in [5.41, 5.74) is 9.05. The van der Waals surface area contributed by atoms with Gasteiger partial charge in [0.05, 0.1) is 23.5 Å². The first-order valence-electron chi connectivity index (χ1n) is 8.30. The average molecular weight is 329 g/mol. The summed E-state index contributed by atoms with van der Waals surface area (Å²) in [4.78, 5) is 22.4. The van der Waals surface area contributed by atoms with Gasteiger partial charge in [0.15, 0.2) is 0 Å². The highest BCUT2D eigenvalue weighted by Gasteiger charge is 2.23. The van der Waals surface area contributed by atoms with Crippen LogP contribution in [0.5, 0.6) is 0 Å². The third-order valence-corrected chi connectivity index (χ3v) is 4.56. The summed E-state index contributed by atoms with van der Waals surface area (Å²) in [6.07, 6.45) is 4.52. The van der Waals surface area contributed by atoms with Gasteiger partial charge in [-0.25, -0.2) is 9.97 Å². The van der Waals surface area contributed by atoms with Crippen LogP contribution in [0.4, 0.5) is 0 Å². The van der Waals surface area contributed by atoms with E-state index in [2.05, 4.69) is 15.1 Å². The number of nitrogens with zero attached hydrogens (tertiary/aromatic N) is 4. The molecule has 24 heavy (non-hydrogen) atoms. The fraction of sp³-hybridized carbons (Fsp3) is 0.529. The van der Waals surface area contributed by atoms with Crippen LogP contribution in [0.1, 0.15) is 30.0 Å². The lowest BCUT2D eigenvalue weighted by Gasteiger charge is -2.32. The number of amides is 1. The van der Waals surface area contributed by atoms with Crippen LogP contribution in [0.25, 0.3) is 11.3 Å². The Balaban J connectivity index is 1.74. The first-order valence-corrected chi connectivity index (χ1v) is 8.30. The number of rotatable bonds is 4. The zero-order valence-electron chi connectivity index (χ0n) is 14.2. The highest BCUT2D eigenvalue weighted by Crippen LogP contribution is 2.26. The van der Waals surface area contributed by atoms with Gasteiger partial charge in [0.2, 0.25) is 5.91 Å². The van der Waals surface area contributed by atoms with Gasteiger partial charge in [-0.1, -0.05) is 5.16 Å². The van der Waals surface area contributed by atoms with Crippen molar-refractivity contribution < 1.29 is 9.32 Å². The Hall–Kier alpha value is -2.28. The van der Waals surface area contributed by atoms with Gasteiger partial charge in [0, 0.05) is 18.8 Å². The number of piperidine rings is 1. The van der Waals surface area contributed by atoms with Crippen molar-refractivity contribution in [2.24, 2.45) is 11.7 Å². The van der Waals surface area contributed by atoms with Crippen molar-refractivity contribution >= 4 is 5.91 Å². The molecule has 7 nitrogen and oxygen atoms in total. The Bertz CT molecular complexity index is 708. The molecule has 1 fully saturated rings. The Morgan fingerprint density at radius 2 is 2.25 bits per heavy atom. The van der Waals surface area contributed by atoms with Crippen LogP contribution in [0.2, 0.25) is 0 Å². The number of aryl methyl sites for hydroxylation is 2. The molecule has 0 aliphatic carbocycles. The predicted molar refractivity (Wildman–Crippen MR) is 89.1 cm³/mol. The smallest absolute Gasteiger partial charge is 0.236 e. The highest BCUT2D eigenvalue weighted by atomic mass is 16.5. The van der Waals surface area contributed by atoms with Crippen LogP contribution >= 0.6 is 0 Å². The van der Waals surface area contributed by atoms with Gasteiger partial charge in [-0.2, -0.15) is 0 Å². The molecule has 1 saturated heterocycles. The second kappa shape index (κ2) is 7.09. The topological polar surface area (TPSA) is 98.1 Å². The summed E-state index contributed by atoms with van der Waals surface area (Å²) < 4.78 is 5.23. The Morgan fingerprint density at radius 1 is 1.42 bits per heavy atom. The summed E-state index contributed by atoms with van der Waals surface area (Å²) >= 11 is 0. The molecular formula is C17H23N5O2. The number of nitrogens with two attached hydrogens (primary N) is 1. The molecule has 0 bridgehead atoms. The largest absolute Gasteiger partial charge is 0.361 e. The van der Waals surface area contributed by atoms with E-state index in [0.29, 0.717) is 5.92 Å². The van der Waals surface area contributed by atoms with E-state index in [9.17, 15) is 4.79 Å². The lowest BCUT2D eigenvalue weighted by Crippen LogP contribution is -2.43. The van der Waals surface area contributed by atoms with Crippen molar-refractivity contribution in [2.75, 3.05) is 19.6 Å². The summed E-state index contributed by atoms with van der Waals surface area (Å²) in [6, 6.07) is 2.00. The van der Waals surface area contributed by atoms with E-state index in [-0.39, 0.29) is 12.5 Å². The summed E-state index contributed by atoms with van der Waals surface area (Å²) in [7, 11) is 0. The fourth-order valence-electron chi connectivity index (χ4n) is 3.38. The van der Waals surface area contributed by atoms with E-state index in [0.717, 1.165) is 60.8 Å². The van der Waals surface area contributed by atoms with Crippen LogP contribution in [0.15, 0.2) is 16.9 Å². The molecule has 1 aliphatic rings. The molecule has 1 amide bonds. The number of aromatic nitrogens is 3. The number of likely N-dealkylation sites (tertiary alicyclic amines) is 1. The summed E-state index contributed by atoms with van der Waals surface area (Å²) in [6.45, 7) is 5.43. The molecule has 0 unspecified atom stereocenters. The van der Waals surface area contributed by atoms with Gasteiger partial charge in [0.25, 0.3) is 0 Å². The second-order valence-corrected chi connectivity index (χ2v) is 6.35. The zero-order chi connectivity index (χ0) is 17.1. The van der Waals surface area contributed by atoms with Crippen LogP contribution < -0.4 is 5.73 Å². The van der Waals surface area contributed by atoms with E-state index in [1.54, 1.807) is 6.33 Å². The Labute approximate surface area is 141 Å². The maximum Gasteiger partial charge on any atom is 0.236 e. The van der Waals surface area contributed by atoms with Crippen LogP contribution in [0.3, 0.4) is 0 Å². The van der Waals surface area contributed by atoms with E-state index >= 15 is 0 Å². The molecule has 7 heteroatoms. The highest BCUT2D eigenvalue weighted by molar-refractivity contribution is 5.78. The summed E-state index contributed by atoms with van der Waals surface area (Å²) in [5.74, 6) is 1.19. The van der Waals surface area contributed by atoms with Gasteiger partial charge >= 0.3 is 0 Å². The monoisotopic (exact) mass is 329 g/mol. The van der Waals surface area contributed by atoms with Crippen LogP contribution in [0, 0.1) is 19.8 Å². The quantitative estimate of drug-likeness (QED) is 0.912. The van der Waals surface area contributed by atoms with Crippen molar-refractivity contribution in [3.05, 3.63) is 29.5 Å². The molecule has 2 aromatic heterocycles. The first kappa shape index (κ1) is 16.6. The van der Waals surface area contributed by atoms with Gasteiger partial charge in [-0.05, 0) is 45.1 Å². The standard InChI is InChI=1S/C17H23N5O2/c1-11-17(12(2)24-21-11)15-7-14(19-10-20-15)6-13-4-3-5-22(9-13)16(23)8-18/h7,10,13H,3-6,8-9,18H2,1-2H3/t13-/m0/s1. The molecule has 3 rings (SSSR count). The number of carbonyl (C=O) groups excluding carboxylic acids is 1. The molecule has 0 aromatic carbocycles. The minimum atomic E-state index is 0.0267. The number of carbonyl (C=O) groups is 1. The zero-order valence-corrected chi connectivity index (χ0v) is 14.2. The lowest BCUT2D eigenvalue weighted by atomic mass is 9.92. The molecule has 1 aliphatic heterocycles. The molecule has 3 heterocycles. The molecule has 0 saturated carbocycles. The third kappa shape index (κ3) is 3.46. The van der Waals surface area contributed by atoms with Crippen molar-refractivity contribution in [1.82, 2.24) is 20.0 Å². The molecule has 1 atom stereocenters. The predicted octanol–water partition coefficient (Wildman–Crippen LogP) is 1.49. The van der Waals surface area contributed by atoms with Gasteiger partial charge in [0.1, 0.15) is 12.1 Å². The van der Waals surface area contributed by atoms with E-state index in [4.69, 9.17) is 10.3 Å². The number of hydrogen-bond acceptors (Lipinski definition) is 6. The molecule has 2 N–H and O–H groups in total. The van der Waals surface area contributed by atoms with Crippen LogP contribution in [-0.4, -0.2) is 45.6 Å². The SMILES string of the molecule is Cc1noc(C)c1-c1cc(C[C@@H]2CCCN(C(=O)CN)C2)ncn1. The van der Waals surface area contributed by atoms with Crippen LogP contribution in [-0.2, 0) is 11.2 Å². The Kier molecular flexibility index (Phi) is 4.89. The van der Waals surface area contributed by atoms with Gasteiger partial charge < -0.3 is 15.2 Å². The van der Waals surface area contributed by atoms with E-state index in [1.807, 2.05) is 24.8 Å². The lowest BCUT2D eigenvalue weighted by molar-refractivity contribution is -0.131. The molecule has 2 aromatic rings. The fourth-order valence-corrected chi connectivity index (χ4v) is 3.38. The normalized spacial score (nSPS) is 18.0. The second-order valence-electron chi connectivity index (χ2n) is 6.35. The maximum atomic E-state index is 11.8. The Morgan fingerprint density at radius 3 is 2.96 bits per heavy atom. The number of hydrogen-bond donors (Lipinski definition) is 1. The van der Waals surface area contributed by atoms with Gasteiger partial charge in [-0.15, -0.1) is 0 Å². The third-order valence-electron chi connectivity index (χ3n) is 4.56. The average Bonchev–Trinajstić information content (AvgIpc) is 2.93. The minimum Gasteiger partial charge on any atom is -0.361 e. The molecule has 0 spiro atoms. The van der Waals surface area contributed by atoms with Crippen molar-refractivity contribution in [3.63, 3.8) is 0 Å². The summed E-state index contributed by atoms with van der Waals surface area (Å²) in [5, 5.41) is 3.99. The van der Waals surface area contributed by atoms with Crippen molar-refractivity contribution in [2.45, 2.75) is 33.1 Å². The minimum absolute atomic E-state index is 0.0267. The van der Waals surface area contributed by atoms with E-state index in [1.165, 1.54) is 0 Å². The van der Waals surface area contributed by atoms with E-state index < -0.39 is 0 Å². The maximum absolute atomic E-state index is 11.8. The van der Waals surface area contributed by atoms with Crippen molar-refractivity contribution in [3.8, 4) is 11.3 Å². The molecule has 128 valence electrons. The first-order chi connectivity index (χ1) is 11.6. The van der Waals surface area contributed by atoms with Crippen molar-refractivity contribution in [1.29, 1.82) is 0 Å².